The van der Waals surface area contributed by atoms with E-state index in [1.54, 1.807) is 6.20 Å². The molecular weight excluding hydrogens is 378 g/mol. The molecule has 0 bridgehead atoms. The fourth-order valence-corrected chi connectivity index (χ4v) is 4.01. The van der Waals surface area contributed by atoms with Gasteiger partial charge in [0.15, 0.2) is 5.41 Å². The van der Waals surface area contributed by atoms with Gasteiger partial charge in [-0.25, -0.2) is 0 Å². The number of carbonyl (C=O) groups is 2. The van der Waals surface area contributed by atoms with E-state index in [1.165, 1.54) is 38.5 Å². The van der Waals surface area contributed by atoms with Gasteiger partial charge in [-0.3, -0.25) is 14.6 Å². The van der Waals surface area contributed by atoms with E-state index in [1.807, 2.05) is 18.2 Å². The van der Waals surface area contributed by atoms with Gasteiger partial charge in [0.25, 0.3) is 0 Å². The van der Waals surface area contributed by atoms with Gasteiger partial charge in [-0.05, 0) is 37.8 Å². The molecule has 170 valence electrons. The molecule has 0 radical (unpaired) electrons. The number of aliphatic carboxylic acids is 2. The average molecular weight is 420 g/mol. The third kappa shape index (κ3) is 10.2. The summed E-state index contributed by atoms with van der Waals surface area (Å²) in [6, 6.07) is 5.81. The second-order valence-electron chi connectivity index (χ2n) is 8.51. The maximum absolute atomic E-state index is 11.8. The quantitative estimate of drug-likeness (QED) is 0.193. The van der Waals surface area contributed by atoms with Crippen LogP contribution in [0.4, 0.5) is 0 Å². The van der Waals surface area contributed by atoms with Gasteiger partial charge in [-0.2, -0.15) is 0 Å². The van der Waals surface area contributed by atoms with E-state index >= 15 is 0 Å². The summed E-state index contributed by atoms with van der Waals surface area (Å²) in [5, 5.41) is 19.4. The number of aromatic nitrogens is 1. The molecule has 0 aromatic carbocycles. The van der Waals surface area contributed by atoms with Crippen LogP contribution in [0, 0.1) is 5.41 Å². The van der Waals surface area contributed by atoms with Gasteiger partial charge < -0.3 is 10.2 Å². The molecule has 1 rings (SSSR count). The number of aryl methyl sites for hydroxylation is 1. The molecule has 1 aromatic rings. The summed E-state index contributed by atoms with van der Waals surface area (Å²) in [7, 11) is 0. The highest BCUT2D eigenvalue weighted by molar-refractivity contribution is 5.98. The Hall–Kier alpha value is -1.91. The lowest BCUT2D eigenvalue weighted by atomic mass is 9.78. The first-order chi connectivity index (χ1) is 14.5. The lowest BCUT2D eigenvalue weighted by Crippen LogP contribution is -2.39. The van der Waals surface area contributed by atoms with Crippen LogP contribution in [-0.2, 0) is 16.0 Å². The minimum Gasteiger partial charge on any atom is -0.480 e. The lowest BCUT2D eigenvalue weighted by Gasteiger charge is -2.25. The number of nitrogens with zero attached hydrogens (tertiary/aromatic N) is 1. The number of hydrogen-bond acceptors (Lipinski definition) is 3. The number of rotatable bonds is 19. The zero-order valence-electron chi connectivity index (χ0n) is 18.8. The van der Waals surface area contributed by atoms with Crippen LogP contribution in [0.2, 0.25) is 0 Å². The Morgan fingerprint density at radius 2 is 1.27 bits per heavy atom. The fraction of sp³-hybridized carbons (Fsp3) is 0.720. The molecule has 0 amide bonds. The highest BCUT2D eigenvalue weighted by Gasteiger charge is 2.45. The van der Waals surface area contributed by atoms with Crippen molar-refractivity contribution in [2.75, 3.05) is 0 Å². The third-order valence-corrected chi connectivity index (χ3v) is 6.04. The van der Waals surface area contributed by atoms with Crippen molar-refractivity contribution in [3.8, 4) is 0 Å². The van der Waals surface area contributed by atoms with Gasteiger partial charge >= 0.3 is 11.9 Å². The van der Waals surface area contributed by atoms with E-state index in [2.05, 4.69) is 11.9 Å². The van der Waals surface area contributed by atoms with Gasteiger partial charge in [0, 0.05) is 11.9 Å². The summed E-state index contributed by atoms with van der Waals surface area (Å²) in [5.41, 5.74) is -0.615. The van der Waals surface area contributed by atoms with Crippen molar-refractivity contribution < 1.29 is 19.8 Å². The van der Waals surface area contributed by atoms with Crippen LogP contribution in [0.15, 0.2) is 24.4 Å². The van der Waals surface area contributed by atoms with Gasteiger partial charge in [-0.15, -0.1) is 0 Å². The predicted octanol–water partition coefficient (Wildman–Crippen LogP) is 6.65. The lowest BCUT2D eigenvalue weighted by molar-refractivity contribution is -0.166. The Morgan fingerprint density at radius 3 is 1.73 bits per heavy atom. The standard InChI is InChI=1S/C25H41NO4/c1-2-3-4-5-6-7-8-9-10-14-19-25(23(27)28,24(29)30)20-15-11-12-17-22-18-13-16-21-26-22/h13,16,18,21H,2-12,14-15,17,19-20H2,1H3,(H,27,28)(H,29,30). The van der Waals surface area contributed by atoms with Crippen LogP contribution in [0.3, 0.4) is 0 Å². The van der Waals surface area contributed by atoms with Crippen LogP contribution in [0.5, 0.6) is 0 Å². The minimum absolute atomic E-state index is 0.206. The molecule has 1 heterocycles. The summed E-state index contributed by atoms with van der Waals surface area (Å²) >= 11 is 0. The number of unbranched alkanes of at least 4 members (excludes halogenated alkanes) is 11. The van der Waals surface area contributed by atoms with Gasteiger partial charge in [0.2, 0.25) is 0 Å². The van der Waals surface area contributed by atoms with E-state index in [4.69, 9.17) is 0 Å². The molecule has 0 saturated heterocycles. The summed E-state index contributed by atoms with van der Waals surface area (Å²) < 4.78 is 0. The Kier molecular flexibility index (Phi) is 13.8. The van der Waals surface area contributed by atoms with E-state index in [9.17, 15) is 19.8 Å². The molecule has 0 fully saturated rings. The van der Waals surface area contributed by atoms with Gasteiger partial charge in [0.1, 0.15) is 0 Å². The SMILES string of the molecule is CCCCCCCCCCCCC(CCCCCc1ccccn1)(C(=O)O)C(=O)O. The first-order valence-electron chi connectivity index (χ1n) is 11.9. The monoisotopic (exact) mass is 419 g/mol. The van der Waals surface area contributed by atoms with Crippen molar-refractivity contribution in [1.29, 1.82) is 0 Å². The molecule has 5 nitrogen and oxygen atoms in total. The third-order valence-electron chi connectivity index (χ3n) is 6.04. The molecule has 1 aromatic heterocycles. The normalized spacial score (nSPS) is 11.5. The Balaban J connectivity index is 2.28. The Bertz CT molecular complexity index is 574. The molecule has 30 heavy (non-hydrogen) atoms. The molecule has 0 aliphatic carbocycles. The maximum Gasteiger partial charge on any atom is 0.321 e. The second kappa shape index (κ2) is 15.9. The highest BCUT2D eigenvalue weighted by Crippen LogP contribution is 2.33. The van der Waals surface area contributed by atoms with Crippen molar-refractivity contribution in [2.45, 2.75) is 110 Å². The van der Waals surface area contributed by atoms with E-state index in [0.29, 0.717) is 12.8 Å². The molecule has 0 saturated carbocycles. The van der Waals surface area contributed by atoms with Crippen molar-refractivity contribution in [1.82, 2.24) is 4.98 Å². The van der Waals surface area contributed by atoms with Crippen LogP contribution in [-0.4, -0.2) is 27.1 Å². The van der Waals surface area contributed by atoms with Crippen molar-refractivity contribution in [2.24, 2.45) is 5.41 Å². The fourth-order valence-electron chi connectivity index (χ4n) is 4.01. The summed E-state index contributed by atoms with van der Waals surface area (Å²) in [5.74, 6) is -2.37. The zero-order valence-corrected chi connectivity index (χ0v) is 18.8. The summed E-state index contributed by atoms with van der Waals surface area (Å²) in [6.45, 7) is 2.22. The Morgan fingerprint density at radius 1 is 0.767 bits per heavy atom. The summed E-state index contributed by atoms with van der Waals surface area (Å²) in [6.07, 6.45) is 16.9. The topological polar surface area (TPSA) is 87.5 Å². The number of carboxylic acids is 2. The highest BCUT2D eigenvalue weighted by atomic mass is 16.4. The summed E-state index contributed by atoms with van der Waals surface area (Å²) in [4.78, 5) is 28.0. The van der Waals surface area contributed by atoms with E-state index in [0.717, 1.165) is 44.2 Å². The van der Waals surface area contributed by atoms with Crippen molar-refractivity contribution in [3.05, 3.63) is 30.1 Å². The molecule has 2 N–H and O–H groups in total. The van der Waals surface area contributed by atoms with Crippen LogP contribution in [0.1, 0.15) is 109 Å². The van der Waals surface area contributed by atoms with Crippen LogP contribution >= 0.6 is 0 Å². The van der Waals surface area contributed by atoms with Crippen LogP contribution in [0.25, 0.3) is 0 Å². The number of carboxylic acid groups (broad SMARTS) is 2. The van der Waals surface area contributed by atoms with E-state index in [-0.39, 0.29) is 12.8 Å². The van der Waals surface area contributed by atoms with Gasteiger partial charge in [-0.1, -0.05) is 90.0 Å². The molecule has 5 heteroatoms. The molecule has 0 aliphatic heterocycles. The minimum atomic E-state index is -1.63. The molecule has 0 unspecified atom stereocenters. The van der Waals surface area contributed by atoms with Crippen molar-refractivity contribution in [3.63, 3.8) is 0 Å². The predicted molar refractivity (Wildman–Crippen MR) is 121 cm³/mol. The Labute approximate surface area is 182 Å². The molecular formula is C25H41NO4. The van der Waals surface area contributed by atoms with Crippen molar-refractivity contribution >= 4 is 11.9 Å². The average Bonchev–Trinajstić information content (AvgIpc) is 2.73. The first-order valence-corrected chi connectivity index (χ1v) is 11.9. The number of hydrogen-bond donors (Lipinski definition) is 2. The first kappa shape index (κ1) is 26.1. The van der Waals surface area contributed by atoms with E-state index < -0.39 is 17.4 Å². The maximum atomic E-state index is 11.8. The smallest absolute Gasteiger partial charge is 0.321 e. The molecule has 0 spiro atoms. The zero-order chi connectivity index (χ0) is 22.1. The van der Waals surface area contributed by atoms with Crippen LogP contribution < -0.4 is 0 Å². The largest absolute Gasteiger partial charge is 0.480 e. The number of pyridine rings is 1. The second-order valence-corrected chi connectivity index (χ2v) is 8.51. The van der Waals surface area contributed by atoms with Gasteiger partial charge in [0.05, 0.1) is 0 Å². The molecule has 0 atom stereocenters. The molecule has 0 aliphatic rings.